The van der Waals surface area contributed by atoms with Crippen molar-refractivity contribution in [3.8, 4) is 11.3 Å². The second kappa shape index (κ2) is 4.06. The van der Waals surface area contributed by atoms with E-state index in [4.69, 9.17) is 0 Å². The average Bonchev–Trinajstić information content (AvgIpc) is 2.29. The Balaban J connectivity index is 2.63. The standard InChI is InChI=1S/C11H9N3O2/c1-8-4-5-10(14(15)16)11(13-8)9-3-2-6-12-7-9/h2-7H,1H3. The van der Waals surface area contributed by atoms with Gasteiger partial charge in [-0.1, -0.05) is 0 Å². The summed E-state index contributed by atoms with van der Waals surface area (Å²) >= 11 is 0. The summed E-state index contributed by atoms with van der Waals surface area (Å²) < 4.78 is 0. The van der Waals surface area contributed by atoms with Crippen molar-refractivity contribution in [3.05, 3.63) is 52.5 Å². The Hall–Kier alpha value is -2.30. The van der Waals surface area contributed by atoms with Gasteiger partial charge in [-0.3, -0.25) is 15.1 Å². The molecule has 0 bridgehead atoms. The Morgan fingerprint density at radius 1 is 1.31 bits per heavy atom. The molecule has 2 rings (SSSR count). The highest BCUT2D eigenvalue weighted by molar-refractivity contribution is 5.68. The molecule has 2 heterocycles. The third kappa shape index (κ3) is 1.88. The van der Waals surface area contributed by atoms with Crippen molar-refractivity contribution >= 4 is 5.69 Å². The number of aromatic nitrogens is 2. The van der Waals surface area contributed by atoms with E-state index in [0.29, 0.717) is 11.3 Å². The molecular weight excluding hydrogens is 206 g/mol. The number of hydrogen-bond donors (Lipinski definition) is 0. The van der Waals surface area contributed by atoms with Crippen molar-refractivity contribution in [2.45, 2.75) is 6.92 Å². The van der Waals surface area contributed by atoms with Crippen LogP contribution in [0.15, 0.2) is 36.7 Å². The van der Waals surface area contributed by atoms with Gasteiger partial charge in [0.15, 0.2) is 0 Å². The molecule has 0 fully saturated rings. The first-order valence-corrected chi connectivity index (χ1v) is 4.71. The largest absolute Gasteiger partial charge is 0.295 e. The minimum absolute atomic E-state index is 0.00130. The summed E-state index contributed by atoms with van der Waals surface area (Å²) in [6, 6.07) is 6.56. The van der Waals surface area contributed by atoms with E-state index in [1.54, 1.807) is 37.5 Å². The zero-order valence-electron chi connectivity index (χ0n) is 8.62. The van der Waals surface area contributed by atoms with Gasteiger partial charge in [-0.05, 0) is 25.1 Å². The summed E-state index contributed by atoms with van der Waals surface area (Å²) in [7, 11) is 0. The Labute approximate surface area is 91.9 Å². The zero-order chi connectivity index (χ0) is 11.5. The van der Waals surface area contributed by atoms with Crippen LogP contribution in [0.3, 0.4) is 0 Å². The lowest BCUT2D eigenvalue weighted by atomic mass is 10.1. The van der Waals surface area contributed by atoms with Crippen LogP contribution in [0.5, 0.6) is 0 Å². The topological polar surface area (TPSA) is 68.9 Å². The predicted molar refractivity (Wildman–Crippen MR) is 58.9 cm³/mol. The van der Waals surface area contributed by atoms with Crippen molar-refractivity contribution in [1.29, 1.82) is 0 Å². The number of pyridine rings is 2. The second-order valence-electron chi connectivity index (χ2n) is 3.32. The van der Waals surface area contributed by atoms with E-state index in [1.165, 1.54) is 6.07 Å². The van der Waals surface area contributed by atoms with Crippen molar-refractivity contribution in [1.82, 2.24) is 9.97 Å². The van der Waals surface area contributed by atoms with Crippen LogP contribution in [0.4, 0.5) is 5.69 Å². The highest BCUT2D eigenvalue weighted by atomic mass is 16.6. The maximum atomic E-state index is 10.9. The lowest BCUT2D eigenvalue weighted by molar-refractivity contribution is -0.384. The van der Waals surface area contributed by atoms with Crippen molar-refractivity contribution < 1.29 is 4.92 Å². The summed E-state index contributed by atoms with van der Waals surface area (Å²) in [5, 5.41) is 10.9. The first-order valence-electron chi connectivity index (χ1n) is 4.71. The highest BCUT2D eigenvalue weighted by Crippen LogP contribution is 2.26. The number of nitrogens with zero attached hydrogens (tertiary/aromatic N) is 3. The Bertz CT molecular complexity index is 526. The van der Waals surface area contributed by atoms with Gasteiger partial charge in [0.05, 0.1) is 4.92 Å². The molecule has 5 nitrogen and oxygen atoms in total. The molecule has 0 saturated heterocycles. The summed E-state index contributed by atoms with van der Waals surface area (Å²) in [5.41, 5.74) is 1.75. The molecule has 0 amide bonds. The molecule has 5 heteroatoms. The van der Waals surface area contributed by atoms with Gasteiger partial charge in [0.1, 0.15) is 5.69 Å². The quantitative estimate of drug-likeness (QED) is 0.569. The predicted octanol–water partition coefficient (Wildman–Crippen LogP) is 2.36. The molecule has 2 aromatic heterocycles. The fourth-order valence-corrected chi connectivity index (χ4v) is 1.41. The van der Waals surface area contributed by atoms with E-state index < -0.39 is 4.92 Å². The van der Waals surface area contributed by atoms with Gasteiger partial charge in [-0.15, -0.1) is 0 Å². The van der Waals surface area contributed by atoms with Crippen LogP contribution in [0.1, 0.15) is 5.69 Å². The molecular formula is C11H9N3O2. The molecule has 80 valence electrons. The third-order valence-corrected chi connectivity index (χ3v) is 2.14. The molecule has 0 saturated carbocycles. The lowest BCUT2D eigenvalue weighted by Crippen LogP contribution is -1.96. The molecule has 0 aliphatic rings. The number of aryl methyl sites for hydroxylation is 1. The molecule has 0 N–H and O–H groups in total. The molecule has 0 aromatic carbocycles. The van der Waals surface area contributed by atoms with Crippen LogP contribution in [-0.4, -0.2) is 14.9 Å². The van der Waals surface area contributed by atoms with E-state index in [-0.39, 0.29) is 5.69 Å². The van der Waals surface area contributed by atoms with Gasteiger partial charge in [0.2, 0.25) is 0 Å². The van der Waals surface area contributed by atoms with Gasteiger partial charge in [-0.25, -0.2) is 4.98 Å². The summed E-state index contributed by atoms with van der Waals surface area (Å²) in [6.45, 7) is 1.80. The normalized spacial score (nSPS) is 10.1. The summed E-state index contributed by atoms with van der Waals surface area (Å²) in [4.78, 5) is 18.5. The van der Waals surface area contributed by atoms with Crippen LogP contribution in [-0.2, 0) is 0 Å². The second-order valence-corrected chi connectivity index (χ2v) is 3.32. The summed E-state index contributed by atoms with van der Waals surface area (Å²) in [5.74, 6) is 0. The fourth-order valence-electron chi connectivity index (χ4n) is 1.41. The number of rotatable bonds is 2. The van der Waals surface area contributed by atoms with Crippen LogP contribution >= 0.6 is 0 Å². The number of nitro groups is 1. The van der Waals surface area contributed by atoms with E-state index in [0.717, 1.165) is 5.69 Å². The minimum atomic E-state index is -0.436. The van der Waals surface area contributed by atoms with E-state index in [1.807, 2.05) is 0 Å². The van der Waals surface area contributed by atoms with E-state index in [9.17, 15) is 10.1 Å². The van der Waals surface area contributed by atoms with Crippen LogP contribution in [0, 0.1) is 17.0 Å². The lowest BCUT2D eigenvalue weighted by Gasteiger charge is -2.02. The Kier molecular flexibility index (Phi) is 2.59. The van der Waals surface area contributed by atoms with Gasteiger partial charge >= 0.3 is 0 Å². The van der Waals surface area contributed by atoms with Gasteiger partial charge in [0, 0.05) is 29.7 Å². The molecule has 0 atom stereocenters. The third-order valence-electron chi connectivity index (χ3n) is 2.14. The highest BCUT2D eigenvalue weighted by Gasteiger charge is 2.16. The van der Waals surface area contributed by atoms with Crippen molar-refractivity contribution in [3.63, 3.8) is 0 Å². The van der Waals surface area contributed by atoms with Crippen molar-refractivity contribution in [2.24, 2.45) is 0 Å². The zero-order valence-corrected chi connectivity index (χ0v) is 8.62. The fraction of sp³-hybridized carbons (Fsp3) is 0.0909. The molecule has 0 radical (unpaired) electrons. The molecule has 16 heavy (non-hydrogen) atoms. The summed E-state index contributed by atoms with van der Waals surface area (Å²) in [6.07, 6.45) is 3.18. The molecule has 0 aliphatic heterocycles. The maximum Gasteiger partial charge on any atom is 0.295 e. The van der Waals surface area contributed by atoms with E-state index in [2.05, 4.69) is 9.97 Å². The Morgan fingerprint density at radius 2 is 2.12 bits per heavy atom. The van der Waals surface area contributed by atoms with Gasteiger partial charge in [0.25, 0.3) is 5.69 Å². The average molecular weight is 215 g/mol. The van der Waals surface area contributed by atoms with Crippen LogP contribution < -0.4 is 0 Å². The monoisotopic (exact) mass is 215 g/mol. The van der Waals surface area contributed by atoms with E-state index >= 15 is 0 Å². The first-order chi connectivity index (χ1) is 7.68. The molecule has 0 aliphatic carbocycles. The van der Waals surface area contributed by atoms with Gasteiger partial charge < -0.3 is 0 Å². The number of hydrogen-bond acceptors (Lipinski definition) is 4. The Morgan fingerprint density at radius 3 is 2.75 bits per heavy atom. The van der Waals surface area contributed by atoms with Crippen molar-refractivity contribution in [2.75, 3.05) is 0 Å². The SMILES string of the molecule is Cc1ccc([N+](=O)[O-])c(-c2cccnc2)n1. The van der Waals surface area contributed by atoms with Gasteiger partial charge in [-0.2, -0.15) is 0 Å². The first kappa shape index (κ1) is 10.2. The molecule has 0 unspecified atom stereocenters. The smallest absolute Gasteiger partial charge is 0.264 e. The minimum Gasteiger partial charge on any atom is -0.264 e. The van der Waals surface area contributed by atoms with Crippen LogP contribution in [0.25, 0.3) is 11.3 Å². The maximum absolute atomic E-state index is 10.9. The van der Waals surface area contributed by atoms with Crippen LogP contribution in [0.2, 0.25) is 0 Å². The molecule has 0 spiro atoms. The molecule has 2 aromatic rings.